The number of nitrogens with one attached hydrogen (secondary N) is 2. The number of aromatic amines is 2. The lowest BCUT2D eigenvalue weighted by Gasteiger charge is -2.11. The quantitative estimate of drug-likeness (QED) is 0.619. The first-order valence-corrected chi connectivity index (χ1v) is 7.74. The molecule has 1 amide bonds. The van der Waals surface area contributed by atoms with E-state index in [1.54, 1.807) is 29.0 Å². The minimum Gasteiger partial charge on any atom is -0.445 e. The molecule has 0 aliphatic heterocycles. The van der Waals surface area contributed by atoms with Crippen LogP contribution in [0.4, 0.5) is 4.79 Å². The summed E-state index contributed by atoms with van der Waals surface area (Å²) in [4.78, 5) is 28.1. The minimum atomic E-state index is -0.867. The van der Waals surface area contributed by atoms with E-state index >= 15 is 0 Å². The van der Waals surface area contributed by atoms with Crippen LogP contribution in [0.1, 0.15) is 11.1 Å². The molecule has 0 spiro atoms. The molecule has 9 heteroatoms. The number of hydrogen-bond donors (Lipinski definition) is 3. The number of benzene rings is 1. The summed E-state index contributed by atoms with van der Waals surface area (Å²) in [5.41, 5.74) is 7.39. The van der Waals surface area contributed by atoms with Crippen LogP contribution in [0, 0.1) is 4.77 Å². The molecule has 0 aliphatic carbocycles. The molecule has 124 valence electrons. The van der Waals surface area contributed by atoms with E-state index in [9.17, 15) is 9.59 Å². The summed E-state index contributed by atoms with van der Waals surface area (Å²) >= 11 is 11.4. The Kier molecular flexibility index (Phi) is 4.41. The summed E-state index contributed by atoms with van der Waals surface area (Å²) in [6.45, 7) is 0.406. The van der Waals surface area contributed by atoms with Crippen molar-refractivity contribution < 1.29 is 9.53 Å². The highest BCUT2D eigenvalue weighted by molar-refractivity contribution is 7.71. The van der Waals surface area contributed by atoms with Gasteiger partial charge in [0.25, 0.3) is 5.56 Å². The number of carbonyl (C=O) groups excluding carboxylic acids is 1. The molecule has 0 radical (unpaired) electrons. The average Bonchev–Trinajstić information content (AvgIpc) is 3.01. The zero-order valence-electron chi connectivity index (χ0n) is 12.3. The van der Waals surface area contributed by atoms with Gasteiger partial charge in [0.05, 0.1) is 12.1 Å². The molecule has 2 heterocycles. The first-order valence-electron chi connectivity index (χ1n) is 6.95. The molecule has 1 aromatic carbocycles. The van der Waals surface area contributed by atoms with Crippen LogP contribution in [0.3, 0.4) is 0 Å². The number of H-pyrrole nitrogens is 2. The number of primary amides is 1. The molecule has 0 bridgehead atoms. The van der Waals surface area contributed by atoms with Gasteiger partial charge in [-0.15, -0.1) is 0 Å². The molecule has 0 fully saturated rings. The van der Waals surface area contributed by atoms with Crippen molar-refractivity contribution >= 4 is 40.9 Å². The molecule has 0 saturated heterocycles. The molecule has 3 aromatic rings. The van der Waals surface area contributed by atoms with Crippen molar-refractivity contribution in [3.63, 3.8) is 0 Å². The third-order valence-electron chi connectivity index (χ3n) is 3.53. The Morgan fingerprint density at radius 2 is 2.17 bits per heavy atom. The predicted octanol–water partition coefficient (Wildman–Crippen LogP) is 2.68. The molecular formula is C15H13ClN4O3S. The highest BCUT2D eigenvalue weighted by Gasteiger charge is 2.09. The summed E-state index contributed by atoms with van der Waals surface area (Å²) in [6.07, 6.45) is 0.812. The summed E-state index contributed by atoms with van der Waals surface area (Å²) in [5, 5.41) is 0.469. The van der Waals surface area contributed by atoms with E-state index in [1.165, 1.54) is 0 Å². The number of rotatable bonds is 4. The second-order valence-corrected chi connectivity index (χ2v) is 5.91. The molecule has 0 atom stereocenters. The van der Waals surface area contributed by atoms with Crippen molar-refractivity contribution in [3.8, 4) is 0 Å². The van der Waals surface area contributed by atoms with Crippen LogP contribution >= 0.6 is 23.8 Å². The second-order valence-electron chi connectivity index (χ2n) is 5.12. The molecule has 0 saturated carbocycles. The van der Waals surface area contributed by atoms with Crippen molar-refractivity contribution in [1.29, 1.82) is 0 Å². The normalized spacial score (nSPS) is 10.9. The largest absolute Gasteiger partial charge is 0.445 e. The number of hydrogen-bond acceptors (Lipinski definition) is 4. The molecule has 24 heavy (non-hydrogen) atoms. The Bertz CT molecular complexity index is 1040. The molecule has 4 N–H and O–H groups in total. The van der Waals surface area contributed by atoms with Gasteiger partial charge in [0.2, 0.25) is 0 Å². The minimum absolute atomic E-state index is 0.0153. The maximum Gasteiger partial charge on any atom is 0.404 e. The monoisotopic (exact) mass is 364 g/mol. The molecular weight excluding hydrogens is 352 g/mol. The first-order chi connectivity index (χ1) is 11.5. The van der Waals surface area contributed by atoms with Crippen molar-refractivity contribution in [2.45, 2.75) is 13.2 Å². The Balaban J connectivity index is 1.99. The van der Waals surface area contributed by atoms with Gasteiger partial charge in [-0.05, 0) is 36.0 Å². The average molecular weight is 365 g/mol. The summed E-state index contributed by atoms with van der Waals surface area (Å²) < 4.78 is 6.90. The fraction of sp³-hybridized carbons (Fsp3) is 0.133. The summed E-state index contributed by atoms with van der Waals surface area (Å²) in [5.74, 6) is 0. The zero-order chi connectivity index (χ0) is 17.3. The number of ether oxygens (including phenoxy) is 1. The second kappa shape index (κ2) is 6.50. The van der Waals surface area contributed by atoms with Crippen molar-refractivity contribution in [1.82, 2.24) is 14.5 Å². The number of carbonyl (C=O) groups is 1. The van der Waals surface area contributed by atoms with Crippen LogP contribution in [0.15, 0.2) is 35.3 Å². The van der Waals surface area contributed by atoms with Crippen LogP contribution in [0.25, 0.3) is 11.0 Å². The lowest BCUT2D eigenvalue weighted by Crippen LogP contribution is -2.15. The van der Waals surface area contributed by atoms with E-state index < -0.39 is 6.09 Å². The van der Waals surface area contributed by atoms with Gasteiger partial charge in [0.1, 0.15) is 12.1 Å². The first kappa shape index (κ1) is 16.3. The van der Waals surface area contributed by atoms with Gasteiger partial charge in [-0.1, -0.05) is 17.7 Å². The maximum absolute atomic E-state index is 11.9. The third kappa shape index (κ3) is 3.19. The van der Waals surface area contributed by atoms with E-state index in [4.69, 9.17) is 34.3 Å². The van der Waals surface area contributed by atoms with Crippen LogP contribution in [0.5, 0.6) is 0 Å². The lowest BCUT2D eigenvalue weighted by atomic mass is 10.1. The predicted molar refractivity (Wildman–Crippen MR) is 92.7 cm³/mol. The van der Waals surface area contributed by atoms with E-state index in [1.807, 2.05) is 6.07 Å². The van der Waals surface area contributed by atoms with Gasteiger partial charge >= 0.3 is 6.09 Å². The van der Waals surface area contributed by atoms with E-state index in [0.29, 0.717) is 32.9 Å². The van der Waals surface area contributed by atoms with E-state index in [0.717, 1.165) is 5.56 Å². The highest BCUT2D eigenvalue weighted by atomic mass is 35.5. The smallest absolute Gasteiger partial charge is 0.404 e. The van der Waals surface area contributed by atoms with E-state index in [-0.39, 0.29) is 12.2 Å². The third-order valence-corrected chi connectivity index (χ3v) is 4.22. The Labute approximate surface area is 146 Å². The number of nitrogens with zero attached hydrogens (tertiary/aromatic N) is 1. The summed E-state index contributed by atoms with van der Waals surface area (Å²) in [6, 6.07) is 7.13. The zero-order valence-corrected chi connectivity index (χ0v) is 13.9. The highest BCUT2D eigenvalue weighted by Crippen LogP contribution is 2.20. The summed E-state index contributed by atoms with van der Waals surface area (Å²) in [7, 11) is 0. The van der Waals surface area contributed by atoms with Crippen molar-refractivity contribution in [2.75, 3.05) is 0 Å². The van der Waals surface area contributed by atoms with Crippen LogP contribution in [-0.4, -0.2) is 20.6 Å². The van der Waals surface area contributed by atoms with Crippen LogP contribution in [-0.2, 0) is 17.9 Å². The van der Waals surface area contributed by atoms with Gasteiger partial charge in [0, 0.05) is 16.8 Å². The van der Waals surface area contributed by atoms with Gasteiger partial charge in [-0.2, -0.15) is 0 Å². The lowest BCUT2D eigenvalue weighted by molar-refractivity contribution is 0.150. The van der Waals surface area contributed by atoms with Crippen LogP contribution < -0.4 is 11.3 Å². The molecule has 0 unspecified atom stereocenters. The Morgan fingerprint density at radius 1 is 1.38 bits per heavy atom. The Hall–Kier alpha value is -2.58. The number of amides is 1. The molecule has 7 nitrogen and oxygen atoms in total. The van der Waals surface area contributed by atoms with Crippen molar-refractivity contribution in [3.05, 3.63) is 61.7 Å². The van der Waals surface area contributed by atoms with Gasteiger partial charge in [-0.3, -0.25) is 9.78 Å². The SMILES string of the molecule is NC(=O)OCc1cc(Cn2c(=S)[nH]c(=O)c3[nH]ccc32)ccc1Cl. The molecule has 2 aromatic heterocycles. The van der Waals surface area contributed by atoms with E-state index in [2.05, 4.69) is 9.97 Å². The van der Waals surface area contributed by atoms with Gasteiger partial charge in [-0.25, -0.2) is 4.79 Å². The molecule has 3 rings (SSSR count). The Morgan fingerprint density at radius 3 is 2.92 bits per heavy atom. The standard InChI is InChI=1S/C15H13ClN4O3S/c16-10-2-1-8(5-9(10)7-23-14(17)22)6-20-11-3-4-18-12(11)13(21)19-15(20)24/h1-5,18H,6-7H2,(H2,17,22)(H,19,21,24). The number of nitrogens with two attached hydrogens (primary N) is 1. The number of fused-ring (bicyclic) bond motifs is 1. The molecule has 0 aliphatic rings. The number of halogens is 1. The van der Waals surface area contributed by atoms with Gasteiger partial charge < -0.3 is 20.0 Å². The van der Waals surface area contributed by atoms with Gasteiger partial charge in [0.15, 0.2) is 4.77 Å². The van der Waals surface area contributed by atoms with Crippen molar-refractivity contribution in [2.24, 2.45) is 5.73 Å². The fourth-order valence-electron chi connectivity index (χ4n) is 2.43. The van der Waals surface area contributed by atoms with Crippen LogP contribution in [0.2, 0.25) is 5.02 Å². The number of aromatic nitrogens is 3. The fourth-order valence-corrected chi connectivity index (χ4v) is 2.86. The maximum atomic E-state index is 11.9. The topological polar surface area (TPSA) is 106 Å².